The van der Waals surface area contributed by atoms with Crippen LogP contribution in [0.3, 0.4) is 0 Å². The van der Waals surface area contributed by atoms with Crippen LogP contribution in [-0.2, 0) is 0 Å². The molecule has 1 aromatic carbocycles. The molecule has 21 heavy (non-hydrogen) atoms. The number of aromatic nitrogens is 1. The van der Waals surface area contributed by atoms with Gasteiger partial charge >= 0.3 is 0 Å². The van der Waals surface area contributed by atoms with Gasteiger partial charge in [-0.3, -0.25) is 0 Å². The smallest absolute Gasteiger partial charge is 0.184 e. The molecular weight excluding hydrogens is 280 g/mol. The molecule has 3 nitrogen and oxygen atoms in total. The Morgan fingerprint density at radius 2 is 2.14 bits per heavy atom. The zero-order chi connectivity index (χ0) is 14.7. The van der Waals surface area contributed by atoms with Crippen LogP contribution in [0.15, 0.2) is 18.2 Å². The fourth-order valence-electron chi connectivity index (χ4n) is 3.17. The molecule has 1 atom stereocenters. The summed E-state index contributed by atoms with van der Waals surface area (Å²) in [5.74, 6) is 1.73. The van der Waals surface area contributed by atoms with Crippen molar-refractivity contribution in [2.24, 2.45) is 5.92 Å². The minimum absolute atomic E-state index is 0.511. The molecule has 0 aliphatic heterocycles. The van der Waals surface area contributed by atoms with Crippen LogP contribution in [0.25, 0.3) is 10.2 Å². The molecular formula is C17H24N2OS. The van der Waals surface area contributed by atoms with E-state index in [-0.39, 0.29) is 0 Å². The number of hydrogen-bond acceptors (Lipinski definition) is 4. The second-order valence-corrected chi connectivity index (χ2v) is 6.94. The average Bonchev–Trinajstić information content (AvgIpc) is 2.90. The number of nitrogens with one attached hydrogen (secondary N) is 1. The largest absolute Gasteiger partial charge is 0.494 e. The molecule has 114 valence electrons. The Morgan fingerprint density at radius 1 is 1.33 bits per heavy atom. The van der Waals surface area contributed by atoms with Gasteiger partial charge in [0, 0.05) is 6.04 Å². The van der Waals surface area contributed by atoms with Crippen molar-refractivity contribution in [1.82, 2.24) is 4.98 Å². The highest BCUT2D eigenvalue weighted by Gasteiger charge is 2.20. The number of thiazole rings is 1. The van der Waals surface area contributed by atoms with Crippen molar-refractivity contribution in [2.45, 2.75) is 52.0 Å². The maximum absolute atomic E-state index is 5.56. The van der Waals surface area contributed by atoms with Crippen molar-refractivity contribution in [3.05, 3.63) is 18.2 Å². The Hall–Kier alpha value is -1.29. The Kier molecular flexibility index (Phi) is 4.63. The van der Waals surface area contributed by atoms with Gasteiger partial charge in [0.05, 0.1) is 16.8 Å². The van der Waals surface area contributed by atoms with Crippen LogP contribution in [0.4, 0.5) is 5.13 Å². The summed E-state index contributed by atoms with van der Waals surface area (Å²) < 4.78 is 6.75. The van der Waals surface area contributed by atoms with Gasteiger partial charge in [0.15, 0.2) is 5.13 Å². The van der Waals surface area contributed by atoms with Gasteiger partial charge in [0.2, 0.25) is 0 Å². The van der Waals surface area contributed by atoms with E-state index in [9.17, 15) is 0 Å². The van der Waals surface area contributed by atoms with Crippen LogP contribution in [0.2, 0.25) is 0 Å². The molecule has 1 aromatic heterocycles. The predicted octanol–water partition coefficient (Wildman–Crippen LogP) is 5.08. The van der Waals surface area contributed by atoms with Crippen molar-refractivity contribution in [3.63, 3.8) is 0 Å². The first-order valence-electron chi connectivity index (χ1n) is 8.06. The van der Waals surface area contributed by atoms with Crippen molar-refractivity contribution in [3.8, 4) is 5.75 Å². The fraction of sp³-hybridized carbons (Fsp3) is 0.588. The van der Waals surface area contributed by atoms with Crippen LogP contribution >= 0.6 is 11.3 Å². The molecule has 1 N–H and O–H groups in total. The summed E-state index contributed by atoms with van der Waals surface area (Å²) in [5.41, 5.74) is 1.06. The SMILES string of the molecule is CCOc1ccc2nc(NC(C)C3CCCCC3)sc2c1. The molecule has 1 saturated carbocycles. The molecule has 0 radical (unpaired) electrons. The summed E-state index contributed by atoms with van der Waals surface area (Å²) in [4.78, 5) is 4.70. The molecule has 1 fully saturated rings. The zero-order valence-corrected chi connectivity index (χ0v) is 13.7. The van der Waals surface area contributed by atoms with Gasteiger partial charge in [-0.15, -0.1) is 0 Å². The number of hydrogen-bond donors (Lipinski definition) is 1. The standard InChI is InChI=1S/C17H24N2OS/c1-3-20-14-9-10-15-16(11-14)21-17(19-15)18-12(2)13-7-5-4-6-8-13/h9-13H,3-8H2,1-2H3,(H,18,19). The van der Waals surface area contributed by atoms with Gasteiger partial charge in [0.1, 0.15) is 5.75 Å². The Bertz CT molecular complexity index is 589. The van der Waals surface area contributed by atoms with Crippen LogP contribution in [0, 0.1) is 5.92 Å². The van der Waals surface area contributed by atoms with Gasteiger partial charge in [-0.1, -0.05) is 30.6 Å². The Labute approximate surface area is 130 Å². The Balaban J connectivity index is 1.71. The van der Waals surface area contributed by atoms with Crippen LogP contribution in [0.5, 0.6) is 5.75 Å². The maximum Gasteiger partial charge on any atom is 0.184 e. The first-order valence-corrected chi connectivity index (χ1v) is 8.88. The normalized spacial score (nSPS) is 17.8. The summed E-state index contributed by atoms with van der Waals surface area (Å²) in [6.07, 6.45) is 6.88. The average molecular weight is 304 g/mol. The molecule has 3 rings (SSSR count). The third-order valence-corrected chi connectivity index (χ3v) is 5.33. The molecule has 2 aromatic rings. The van der Waals surface area contributed by atoms with E-state index < -0.39 is 0 Å². The van der Waals surface area contributed by atoms with E-state index in [0.717, 1.165) is 22.3 Å². The van der Waals surface area contributed by atoms with Gasteiger partial charge in [-0.25, -0.2) is 4.98 Å². The van der Waals surface area contributed by atoms with E-state index in [1.165, 1.54) is 36.8 Å². The van der Waals surface area contributed by atoms with E-state index >= 15 is 0 Å². The lowest BCUT2D eigenvalue weighted by atomic mass is 9.85. The number of fused-ring (bicyclic) bond motifs is 1. The summed E-state index contributed by atoms with van der Waals surface area (Å²) in [5, 5.41) is 4.66. The fourth-order valence-corrected chi connectivity index (χ4v) is 4.16. The summed E-state index contributed by atoms with van der Waals surface area (Å²) in [6, 6.07) is 6.65. The second kappa shape index (κ2) is 6.65. The van der Waals surface area contributed by atoms with Gasteiger partial charge in [-0.05, 0) is 50.8 Å². The molecule has 0 bridgehead atoms. The van der Waals surface area contributed by atoms with Crippen molar-refractivity contribution in [2.75, 3.05) is 11.9 Å². The molecule has 0 amide bonds. The monoisotopic (exact) mass is 304 g/mol. The second-order valence-electron chi connectivity index (χ2n) is 5.91. The summed E-state index contributed by atoms with van der Waals surface area (Å²) in [6.45, 7) is 5.01. The lowest BCUT2D eigenvalue weighted by molar-refractivity contribution is 0.328. The third-order valence-electron chi connectivity index (χ3n) is 4.38. The van der Waals surface area contributed by atoms with Gasteiger partial charge in [-0.2, -0.15) is 0 Å². The van der Waals surface area contributed by atoms with Gasteiger partial charge < -0.3 is 10.1 Å². The minimum Gasteiger partial charge on any atom is -0.494 e. The van der Waals surface area contributed by atoms with Crippen molar-refractivity contribution < 1.29 is 4.74 Å². The van der Waals surface area contributed by atoms with Crippen LogP contribution < -0.4 is 10.1 Å². The molecule has 0 spiro atoms. The van der Waals surface area contributed by atoms with E-state index in [0.29, 0.717) is 12.6 Å². The minimum atomic E-state index is 0.511. The topological polar surface area (TPSA) is 34.1 Å². The summed E-state index contributed by atoms with van der Waals surface area (Å²) in [7, 11) is 0. The summed E-state index contributed by atoms with van der Waals surface area (Å²) >= 11 is 1.73. The quantitative estimate of drug-likeness (QED) is 0.837. The van der Waals surface area contributed by atoms with Crippen LogP contribution in [-0.4, -0.2) is 17.6 Å². The van der Waals surface area contributed by atoms with E-state index in [1.54, 1.807) is 11.3 Å². The maximum atomic E-state index is 5.56. The molecule has 1 heterocycles. The molecule has 1 aliphatic rings. The molecule has 1 unspecified atom stereocenters. The Morgan fingerprint density at radius 3 is 2.90 bits per heavy atom. The zero-order valence-electron chi connectivity index (χ0n) is 12.9. The van der Waals surface area contributed by atoms with E-state index in [2.05, 4.69) is 18.3 Å². The lowest BCUT2D eigenvalue weighted by Crippen LogP contribution is -2.27. The third kappa shape index (κ3) is 3.49. The molecule has 0 saturated heterocycles. The molecule has 4 heteroatoms. The predicted molar refractivity (Wildman–Crippen MR) is 90.4 cm³/mol. The van der Waals surface area contributed by atoms with E-state index in [1.807, 2.05) is 19.1 Å². The number of rotatable bonds is 5. The first kappa shape index (κ1) is 14.6. The number of ether oxygens (including phenoxy) is 1. The lowest BCUT2D eigenvalue weighted by Gasteiger charge is -2.28. The first-order chi connectivity index (χ1) is 10.3. The van der Waals surface area contributed by atoms with Gasteiger partial charge in [0.25, 0.3) is 0 Å². The van der Waals surface area contributed by atoms with Crippen molar-refractivity contribution in [1.29, 1.82) is 0 Å². The number of nitrogens with zero attached hydrogens (tertiary/aromatic N) is 1. The highest BCUT2D eigenvalue weighted by molar-refractivity contribution is 7.22. The number of anilines is 1. The van der Waals surface area contributed by atoms with Crippen LogP contribution in [0.1, 0.15) is 46.0 Å². The van der Waals surface area contributed by atoms with Crippen molar-refractivity contribution >= 4 is 26.7 Å². The molecule has 1 aliphatic carbocycles. The number of benzene rings is 1. The highest BCUT2D eigenvalue weighted by atomic mass is 32.1. The van der Waals surface area contributed by atoms with E-state index in [4.69, 9.17) is 9.72 Å². The highest BCUT2D eigenvalue weighted by Crippen LogP contribution is 2.32.